The Morgan fingerprint density at radius 1 is 0.651 bits per heavy atom. The fraction of sp³-hybridized carbons (Fsp3) is 0.404. The van der Waals surface area contributed by atoms with Gasteiger partial charge in [0.05, 0.1) is 16.8 Å². The normalized spacial score (nSPS) is 11.1. The van der Waals surface area contributed by atoms with Crippen LogP contribution in [0.4, 0.5) is 15.3 Å². The molecule has 0 atom stereocenters. The van der Waals surface area contributed by atoms with Gasteiger partial charge in [0.25, 0.3) is 5.91 Å². The van der Waals surface area contributed by atoms with Crippen molar-refractivity contribution in [1.29, 1.82) is 0 Å². The fourth-order valence-electron chi connectivity index (χ4n) is 5.67. The molecule has 3 aromatic carbocycles. The summed E-state index contributed by atoms with van der Waals surface area (Å²) in [6.07, 6.45) is -0.192. The third-order valence-electron chi connectivity index (χ3n) is 7.76. The standard InChI is InChI=1S/C45H57N5O7.2CO2/c1-42(2,3)26-29-13-15-30(16-14-29)27-50(28-43(4,5)6)37(51)36-23-19-32-25-34(22-24-35(32)47-36)55-38(52)31-17-20-33(21-18-31)46-39(48-40(53)56-44(7,8)9)49-41(54)57-45(10,11)12;2*2-1-3/h13-25H,26-28H2,1-12H3,(H2,46,48,49,53,54);;. The maximum atomic E-state index is 13.9. The van der Waals surface area contributed by atoms with Crippen molar-refractivity contribution in [3.63, 3.8) is 0 Å². The molecule has 1 aromatic heterocycles. The van der Waals surface area contributed by atoms with Crippen LogP contribution >= 0.6 is 0 Å². The minimum Gasteiger partial charge on any atom is -0.444 e. The first-order valence-corrected chi connectivity index (χ1v) is 19.8. The van der Waals surface area contributed by atoms with Gasteiger partial charge in [0.1, 0.15) is 22.6 Å². The number of nitrogens with zero attached hydrogens (tertiary/aromatic N) is 3. The smallest absolute Gasteiger partial charge is 0.414 e. The molecule has 336 valence electrons. The van der Waals surface area contributed by atoms with Crippen molar-refractivity contribution in [2.75, 3.05) is 6.54 Å². The van der Waals surface area contributed by atoms with Crippen molar-refractivity contribution >= 4 is 58.9 Å². The quantitative estimate of drug-likeness (QED) is 0.0737. The number of ether oxygens (including phenoxy) is 3. The van der Waals surface area contributed by atoms with Crippen LogP contribution in [-0.4, -0.2) is 70.0 Å². The number of esters is 1. The number of rotatable bonds is 8. The number of pyridine rings is 1. The molecule has 1 heterocycles. The van der Waals surface area contributed by atoms with E-state index in [1.807, 2.05) is 4.90 Å². The van der Waals surface area contributed by atoms with E-state index in [0.717, 1.165) is 12.0 Å². The summed E-state index contributed by atoms with van der Waals surface area (Å²) in [5.74, 6) is -0.716. The van der Waals surface area contributed by atoms with Gasteiger partial charge in [-0.05, 0) is 118 Å². The zero-order chi connectivity index (χ0) is 47.8. The highest BCUT2D eigenvalue weighted by Gasteiger charge is 2.25. The highest BCUT2D eigenvalue weighted by atomic mass is 16.6. The van der Waals surface area contributed by atoms with Crippen LogP contribution in [0.25, 0.3) is 10.9 Å². The molecule has 63 heavy (non-hydrogen) atoms. The molecule has 0 saturated carbocycles. The number of aromatic nitrogens is 1. The maximum absolute atomic E-state index is 13.9. The topological polar surface area (TPSA) is 217 Å². The maximum Gasteiger partial charge on any atom is 0.414 e. The van der Waals surface area contributed by atoms with Gasteiger partial charge < -0.3 is 19.1 Å². The lowest BCUT2D eigenvalue weighted by Gasteiger charge is -2.30. The second-order valence-electron chi connectivity index (χ2n) is 18.6. The summed E-state index contributed by atoms with van der Waals surface area (Å²) in [5, 5.41) is 5.54. The van der Waals surface area contributed by atoms with Crippen LogP contribution in [0, 0.1) is 10.8 Å². The highest BCUT2D eigenvalue weighted by molar-refractivity contribution is 6.02. The van der Waals surface area contributed by atoms with Gasteiger partial charge >= 0.3 is 30.5 Å². The second kappa shape index (κ2) is 22.7. The molecule has 0 bridgehead atoms. The number of guanidine groups is 1. The van der Waals surface area contributed by atoms with Crippen LogP contribution < -0.4 is 15.4 Å². The summed E-state index contributed by atoms with van der Waals surface area (Å²) in [6.45, 7) is 24.2. The fourth-order valence-corrected chi connectivity index (χ4v) is 5.67. The zero-order valence-corrected chi connectivity index (χ0v) is 38.0. The van der Waals surface area contributed by atoms with Gasteiger partial charge in [-0.25, -0.2) is 24.4 Å². The Kier molecular flexibility index (Phi) is 18.8. The predicted octanol–water partition coefficient (Wildman–Crippen LogP) is 8.60. The number of hydrogen-bond donors (Lipinski definition) is 2. The van der Waals surface area contributed by atoms with Gasteiger partial charge in [-0.15, -0.1) is 0 Å². The Hall–Kier alpha value is -7.02. The number of nitrogens with one attached hydrogen (secondary N) is 2. The van der Waals surface area contributed by atoms with E-state index in [0.29, 0.717) is 41.1 Å². The molecule has 0 radical (unpaired) electrons. The van der Waals surface area contributed by atoms with E-state index in [1.54, 1.807) is 71.9 Å². The van der Waals surface area contributed by atoms with E-state index in [-0.39, 0.29) is 40.6 Å². The van der Waals surface area contributed by atoms with Crippen LogP contribution in [0.2, 0.25) is 0 Å². The molecule has 0 unspecified atom stereocenters. The highest BCUT2D eigenvalue weighted by Crippen LogP contribution is 2.25. The zero-order valence-electron chi connectivity index (χ0n) is 38.0. The van der Waals surface area contributed by atoms with E-state index >= 15 is 0 Å². The molecular weight excluding hydrogens is 811 g/mol. The summed E-state index contributed by atoms with van der Waals surface area (Å²) < 4.78 is 16.3. The molecule has 0 fully saturated rings. The molecule has 0 aliphatic rings. The van der Waals surface area contributed by atoms with Crippen molar-refractivity contribution in [3.05, 3.63) is 101 Å². The van der Waals surface area contributed by atoms with E-state index in [4.69, 9.17) is 38.4 Å². The molecule has 0 aliphatic carbocycles. The van der Waals surface area contributed by atoms with Gasteiger partial charge in [-0.1, -0.05) is 71.9 Å². The largest absolute Gasteiger partial charge is 0.444 e. The number of alkyl carbamates (subject to hydrolysis) is 2. The van der Waals surface area contributed by atoms with Gasteiger partial charge in [-0.3, -0.25) is 15.4 Å². The van der Waals surface area contributed by atoms with E-state index in [1.165, 1.54) is 29.8 Å². The first-order chi connectivity index (χ1) is 29.1. The van der Waals surface area contributed by atoms with Crippen molar-refractivity contribution < 1.29 is 52.6 Å². The first-order valence-electron chi connectivity index (χ1n) is 19.8. The van der Waals surface area contributed by atoms with Crippen LogP contribution in [0.3, 0.4) is 0 Å². The van der Waals surface area contributed by atoms with Crippen LogP contribution in [0.5, 0.6) is 5.75 Å². The van der Waals surface area contributed by atoms with Crippen molar-refractivity contribution in [2.45, 2.75) is 107 Å². The van der Waals surface area contributed by atoms with Gasteiger partial charge in [-0.2, -0.15) is 19.2 Å². The Bertz CT molecular complexity index is 2260. The summed E-state index contributed by atoms with van der Waals surface area (Å²) in [6, 6.07) is 23.1. The number of aliphatic imine (C=N–C) groups is 1. The third kappa shape index (κ3) is 20.4. The summed E-state index contributed by atoms with van der Waals surface area (Å²) in [7, 11) is 0. The minimum atomic E-state index is -0.832. The Morgan fingerprint density at radius 2 is 1.16 bits per heavy atom. The Balaban J connectivity index is 0.00000215. The molecule has 0 aliphatic heterocycles. The van der Waals surface area contributed by atoms with Gasteiger partial charge in [0.2, 0.25) is 5.96 Å². The molecule has 2 N–H and O–H groups in total. The van der Waals surface area contributed by atoms with Crippen LogP contribution in [0.15, 0.2) is 83.9 Å². The number of carbonyl (C=O) groups excluding carboxylic acids is 8. The second-order valence-corrected chi connectivity index (χ2v) is 18.6. The van der Waals surface area contributed by atoms with E-state index < -0.39 is 29.4 Å². The molecule has 4 aromatic rings. The molecular formula is C47H57N5O11. The van der Waals surface area contributed by atoms with Gasteiger partial charge in [0.15, 0.2) is 0 Å². The lowest BCUT2D eigenvalue weighted by atomic mass is 9.88. The lowest BCUT2D eigenvalue weighted by molar-refractivity contribution is -0.193. The van der Waals surface area contributed by atoms with E-state index in [9.17, 15) is 19.2 Å². The molecule has 0 spiro atoms. The van der Waals surface area contributed by atoms with Crippen molar-refractivity contribution in [2.24, 2.45) is 15.8 Å². The Morgan fingerprint density at radius 3 is 1.63 bits per heavy atom. The number of carbonyl (C=O) groups is 4. The summed E-state index contributed by atoms with van der Waals surface area (Å²) in [5.41, 5.74) is 2.24. The minimum absolute atomic E-state index is 0.133. The predicted molar refractivity (Wildman–Crippen MR) is 233 cm³/mol. The lowest BCUT2D eigenvalue weighted by Crippen LogP contribution is -2.47. The molecule has 4 rings (SSSR count). The van der Waals surface area contributed by atoms with Crippen LogP contribution in [-0.2, 0) is 41.6 Å². The number of amides is 3. The first kappa shape index (κ1) is 52.1. The van der Waals surface area contributed by atoms with Gasteiger partial charge in [0, 0.05) is 18.5 Å². The van der Waals surface area contributed by atoms with Crippen LogP contribution in [0.1, 0.15) is 115 Å². The average molecular weight is 868 g/mol. The third-order valence-corrected chi connectivity index (χ3v) is 7.76. The van der Waals surface area contributed by atoms with Crippen molar-refractivity contribution in [3.8, 4) is 5.75 Å². The Labute approximate surface area is 367 Å². The number of benzene rings is 3. The SMILES string of the molecule is CC(C)(C)Cc1ccc(CN(CC(C)(C)C)C(=O)c2ccc3cc(OC(=O)c4ccc(N=C(NC(=O)OC(C)(C)C)NC(=O)OC(C)(C)C)cc4)ccc3n2)cc1.O=C=O.O=C=O. The summed E-state index contributed by atoms with van der Waals surface area (Å²) in [4.78, 5) is 95.3. The van der Waals surface area contributed by atoms with Crippen molar-refractivity contribution in [1.82, 2.24) is 20.5 Å². The molecule has 16 nitrogen and oxygen atoms in total. The monoisotopic (exact) mass is 867 g/mol. The van der Waals surface area contributed by atoms with E-state index in [2.05, 4.69) is 81.4 Å². The average Bonchev–Trinajstić information content (AvgIpc) is 3.13. The molecule has 16 heteroatoms. The molecule has 0 saturated heterocycles. The number of fused-ring (bicyclic) bond motifs is 1. The molecule has 3 amide bonds. The number of hydrogen-bond acceptors (Lipinski definition) is 13. The summed E-state index contributed by atoms with van der Waals surface area (Å²) >= 11 is 0.